The van der Waals surface area contributed by atoms with Crippen molar-refractivity contribution in [3.05, 3.63) is 46.6 Å². The average Bonchev–Trinajstić information content (AvgIpc) is 2.38. The second-order valence-electron chi connectivity index (χ2n) is 6.46. The van der Waals surface area contributed by atoms with E-state index in [2.05, 4.69) is 65.8 Å². The molecule has 0 aromatic carbocycles. The molecule has 0 aromatic rings. The summed E-state index contributed by atoms with van der Waals surface area (Å²) in [5.74, 6) is 0. The van der Waals surface area contributed by atoms with Crippen LogP contribution in [0, 0.1) is 0 Å². The molecule has 0 unspecified atom stereocenters. The Balaban J connectivity index is 3.93. The molecule has 0 bridgehead atoms. The average molecular weight is 289 g/mol. The first-order valence-corrected chi connectivity index (χ1v) is 8.56. The van der Waals surface area contributed by atoms with Crippen molar-refractivity contribution in [2.24, 2.45) is 0 Å². The highest BCUT2D eigenvalue weighted by Crippen LogP contribution is 2.13. The number of hydrogen-bond acceptors (Lipinski definition) is 0. The normalized spacial score (nSPS) is 13.5. The molecule has 0 saturated heterocycles. The second-order valence-corrected chi connectivity index (χ2v) is 6.46. The lowest BCUT2D eigenvalue weighted by atomic mass is 10.0. The summed E-state index contributed by atoms with van der Waals surface area (Å²) in [5.41, 5.74) is 6.01. The SMILES string of the molecule is CC/C=C(\C)CC/C=C(\C)CC/C=C(\C)CCC=C(C)C. The third kappa shape index (κ3) is 13.7. The Bertz CT molecular complexity index is 384. The molecule has 120 valence electrons. The minimum atomic E-state index is 1.16. The summed E-state index contributed by atoms with van der Waals surface area (Å²) in [6.07, 6.45) is 17.8. The van der Waals surface area contributed by atoms with Crippen molar-refractivity contribution in [2.75, 3.05) is 0 Å². The van der Waals surface area contributed by atoms with Crippen LogP contribution in [0.4, 0.5) is 0 Å². The molecular weight excluding hydrogens is 252 g/mol. The number of rotatable bonds is 10. The molecule has 0 aliphatic heterocycles. The fourth-order valence-corrected chi connectivity index (χ4v) is 2.34. The summed E-state index contributed by atoms with van der Waals surface area (Å²) >= 11 is 0. The van der Waals surface area contributed by atoms with Gasteiger partial charge in [-0.3, -0.25) is 0 Å². The van der Waals surface area contributed by atoms with E-state index in [1.54, 1.807) is 0 Å². The van der Waals surface area contributed by atoms with Gasteiger partial charge in [0.15, 0.2) is 0 Å². The van der Waals surface area contributed by atoms with Crippen LogP contribution in [-0.4, -0.2) is 0 Å². The van der Waals surface area contributed by atoms with E-state index in [0.29, 0.717) is 0 Å². The maximum atomic E-state index is 2.42. The minimum Gasteiger partial charge on any atom is -0.0859 e. The summed E-state index contributed by atoms with van der Waals surface area (Å²) in [4.78, 5) is 0. The van der Waals surface area contributed by atoms with E-state index in [1.807, 2.05) is 0 Å². The Hall–Kier alpha value is -1.04. The highest BCUT2D eigenvalue weighted by atomic mass is 14.0. The van der Waals surface area contributed by atoms with Crippen LogP contribution >= 0.6 is 0 Å². The van der Waals surface area contributed by atoms with Crippen LogP contribution < -0.4 is 0 Å². The van der Waals surface area contributed by atoms with Crippen LogP contribution in [0.3, 0.4) is 0 Å². The molecule has 0 spiro atoms. The van der Waals surface area contributed by atoms with E-state index in [0.717, 1.165) is 6.42 Å². The Kier molecular flexibility index (Phi) is 12.1. The van der Waals surface area contributed by atoms with Gasteiger partial charge in [-0.15, -0.1) is 0 Å². The van der Waals surface area contributed by atoms with Gasteiger partial charge in [-0.2, -0.15) is 0 Å². The lowest BCUT2D eigenvalue weighted by Gasteiger charge is -2.02. The Morgan fingerprint density at radius 2 is 0.952 bits per heavy atom. The monoisotopic (exact) mass is 288 g/mol. The zero-order chi connectivity index (χ0) is 16.1. The van der Waals surface area contributed by atoms with Crippen molar-refractivity contribution in [3.63, 3.8) is 0 Å². The first-order valence-electron chi connectivity index (χ1n) is 8.56. The molecule has 0 N–H and O–H groups in total. The van der Waals surface area contributed by atoms with E-state index < -0.39 is 0 Å². The molecule has 0 heterocycles. The number of allylic oxidation sites excluding steroid dienone is 8. The molecular formula is C21H36. The molecule has 0 aliphatic carbocycles. The quantitative estimate of drug-likeness (QED) is 0.364. The van der Waals surface area contributed by atoms with Gasteiger partial charge >= 0.3 is 0 Å². The van der Waals surface area contributed by atoms with Crippen LogP contribution in [0.25, 0.3) is 0 Å². The van der Waals surface area contributed by atoms with Crippen LogP contribution in [0.1, 0.15) is 86.5 Å². The van der Waals surface area contributed by atoms with Crippen LogP contribution in [-0.2, 0) is 0 Å². The van der Waals surface area contributed by atoms with Gasteiger partial charge in [0.25, 0.3) is 0 Å². The largest absolute Gasteiger partial charge is 0.0859 e. The second kappa shape index (κ2) is 12.7. The first-order chi connectivity index (χ1) is 9.95. The Morgan fingerprint density at radius 1 is 0.571 bits per heavy atom. The summed E-state index contributed by atoms with van der Waals surface area (Å²) in [6, 6.07) is 0. The minimum absolute atomic E-state index is 1.16. The smallest absolute Gasteiger partial charge is 0.0288 e. The molecule has 0 aromatic heterocycles. The van der Waals surface area contributed by atoms with Gasteiger partial charge in [-0.05, 0) is 79.6 Å². The molecule has 0 rings (SSSR count). The van der Waals surface area contributed by atoms with Gasteiger partial charge in [0.1, 0.15) is 0 Å². The van der Waals surface area contributed by atoms with Gasteiger partial charge in [-0.25, -0.2) is 0 Å². The standard InChI is InChI=1S/C21H36/c1-7-11-19(4)14-9-15-21(6)17-10-16-20(5)13-8-12-18(2)3/h11-12,15-16H,7-10,13-14,17H2,1-6H3/b19-11+,20-16+,21-15+. The maximum absolute atomic E-state index is 2.42. The van der Waals surface area contributed by atoms with Gasteiger partial charge < -0.3 is 0 Å². The molecule has 0 fully saturated rings. The Labute approximate surface area is 133 Å². The van der Waals surface area contributed by atoms with E-state index in [1.165, 1.54) is 60.8 Å². The van der Waals surface area contributed by atoms with Crippen LogP contribution in [0.5, 0.6) is 0 Å². The van der Waals surface area contributed by atoms with Crippen molar-refractivity contribution in [1.29, 1.82) is 0 Å². The lowest BCUT2D eigenvalue weighted by molar-refractivity contribution is 0.897. The predicted molar refractivity (Wildman–Crippen MR) is 98.7 cm³/mol. The maximum Gasteiger partial charge on any atom is -0.0288 e. The van der Waals surface area contributed by atoms with Crippen LogP contribution in [0.2, 0.25) is 0 Å². The molecule has 21 heavy (non-hydrogen) atoms. The summed E-state index contributed by atoms with van der Waals surface area (Å²) in [5, 5.41) is 0. The predicted octanol–water partition coefficient (Wildman–Crippen LogP) is 7.54. The van der Waals surface area contributed by atoms with E-state index in [-0.39, 0.29) is 0 Å². The third-order valence-corrected chi connectivity index (χ3v) is 3.71. The molecule has 0 saturated carbocycles. The van der Waals surface area contributed by atoms with Crippen molar-refractivity contribution < 1.29 is 0 Å². The van der Waals surface area contributed by atoms with Gasteiger partial charge in [0.05, 0.1) is 0 Å². The lowest BCUT2D eigenvalue weighted by Crippen LogP contribution is -1.82. The van der Waals surface area contributed by atoms with E-state index >= 15 is 0 Å². The van der Waals surface area contributed by atoms with Crippen molar-refractivity contribution in [2.45, 2.75) is 86.5 Å². The molecule has 0 radical (unpaired) electrons. The summed E-state index contributed by atoms with van der Waals surface area (Å²) in [6.45, 7) is 13.3. The fraction of sp³-hybridized carbons (Fsp3) is 0.619. The highest BCUT2D eigenvalue weighted by Gasteiger charge is 1.93. The highest BCUT2D eigenvalue weighted by molar-refractivity contribution is 5.06. The van der Waals surface area contributed by atoms with Gasteiger partial charge in [0, 0.05) is 0 Å². The van der Waals surface area contributed by atoms with Crippen molar-refractivity contribution in [1.82, 2.24) is 0 Å². The molecule has 0 amide bonds. The fourth-order valence-electron chi connectivity index (χ4n) is 2.34. The van der Waals surface area contributed by atoms with Crippen molar-refractivity contribution in [3.8, 4) is 0 Å². The van der Waals surface area contributed by atoms with E-state index in [9.17, 15) is 0 Å². The number of hydrogen-bond donors (Lipinski definition) is 0. The summed E-state index contributed by atoms with van der Waals surface area (Å²) in [7, 11) is 0. The third-order valence-electron chi connectivity index (χ3n) is 3.71. The van der Waals surface area contributed by atoms with Gasteiger partial charge in [-0.1, -0.05) is 53.5 Å². The zero-order valence-electron chi connectivity index (χ0n) is 15.3. The van der Waals surface area contributed by atoms with Crippen LogP contribution in [0.15, 0.2) is 46.6 Å². The summed E-state index contributed by atoms with van der Waals surface area (Å²) < 4.78 is 0. The van der Waals surface area contributed by atoms with E-state index in [4.69, 9.17) is 0 Å². The van der Waals surface area contributed by atoms with Crippen molar-refractivity contribution >= 4 is 0 Å². The topological polar surface area (TPSA) is 0 Å². The molecule has 0 nitrogen and oxygen atoms in total. The Morgan fingerprint density at radius 3 is 1.33 bits per heavy atom. The van der Waals surface area contributed by atoms with Gasteiger partial charge in [0.2, 0.25) is 0 Å². The first kappa shape index (κ1) is 20.0. The molecule has 0 aliphatic rings. The molecule has 0 heteroatoms. The molecule has 0 atom stereocenters. The zero-order valence-corrected chi connectivity index (χ0v) is 15.3.